The minimum absolute atomic E-state index is 0.0450. The summed E-state index contributed by atoms with van der Waals surface area (Å²) in [5.74, 6) is 0.261. The molecule has 1 rings (SSSR count). The van der Waals surface area contributed by atoms with Crippen molar-refractivity contribution >= 4 is 15.7 Å². The summed E-state index contributed by atoms with van der Waals surface area (Å²) >= 11 is 0. The molecule has 4 nitrogen and oxygen atoms in total. The highest BCUT2D eigenvalue weighted by molar-refractivity contribution is 7.89. The molecule has 1 aromatic rings. The van der Waals surface area contributed by atoms with E-state index in [-0.39, 0.29) is 17.6 Å². The fraction of sp³-hybridized carbons (Fsp3) is 0.538. The Morgan fingerprint density at radius 3 is 2.29 bits per heavy atom. The van der Waals surface area contributed by atoms with Crippen LogP contribution in [-0.4, -0.2) is 14.5 Å². The van der Waals surface area contributed by atoms with Crippen LogP contribution in [0.5, 0.6) is 0 Å². The number of hydrogen-bond acceptors (Lipinski definition) is 3. The van der Waals surface area contributed by atoms with Crippen LogP contribution < -0.4 is 10.5 Å². The number of hydrogen-bond donors (Lipinski definition) is 2. The van der Waals surface area contributed by atoms with Crippen LogP contribution in [-0.2, 0) is 16.2 Å². The molecular formula is C13H19F3N2O2S. The molecule has 0 heterocycles. The minimum Gasteiger partial charge on any atom is -0.382 e. The number of nitrogens with one attached hydrogen (secondary N) is 1. The van der Waals surface area contributed by atoms with Crippen LogP contribution in [0.25, 0.3) is 0 Å². The van der Waals surface area contributed by atoms with Crippen molar-refractivity contribution in [2.24, 2.45) is 11.1 Å². The lowest BCUT2D eigenvalue weighted by atomic mass is 10.0. The minimum atomic E-state index is -4.79. The third-order valence-electron chi connectivity index (χ3n) is 3.48. The average Bonchev–Trinajstić information content (AvgIpc) is 2.35. The van der Waals surface area contributed by atoms with E-state index in [1.54, 1.807) is 0 Å². The lowest BCUT2D eigenvalue weighted by Crippen LogP contribution is -2.24. The van der Waals surface area contributed by atoms with E-state index in [9.17, 15) is 21.6 Å². The average molecular weight is 324 g/mol. The maximum atomic E-state index is 13.0. The third-order valence-corrected chi connectivity index (χ3v) is 4.45. The molecule has 0 saturated carbocycles. The van der Waals surface area contributed by atoms with Crippen molar-refractivity contribution in [3.63, 3.8) is 0 Å². The fourth-order valence-electron chi connectivity index (χ4n) is 1.85. The first-order chi connectivity index (χ1) is 9.46. The molecule has 0 radical (unpaired) electrons. The number of primary sulfonamides is 1. The number of rotatable bonds is 5. The molecule has 8 heteroatoms. The Morgan fingerprint density at radius 1 is 1.29 bits per heavy atom. The number of benzene rings is 1. The number of alkyl halides is 3. The zero-order valence-corrected chi connectivity index (χ0v) is 12.8. The van der Waals surface area contributed by atoms with Crippen molar-refractivity contribution in [1.29, 1.82) is 0 Å². The monoisotopic (exact) mass is 324 g/mol. The van der Waals surface area contributed by atoms with Gasteiger partial charge in [0.05, 0.1) is 10.5 Å². The van der Waals surface area contributed by atoms with Crippen molar-refractivity contribution in [3.05, 3.63) is 23.8 Å². The summed E-state index contributed by atoms with van der Waals surface area (Å²) in [6.45, 7) is 5.81. The van der Waals surface area contributed by atoms with E-state index < -0.39 is 26.7 Å². The van der Waals surface area contributed by atoms with E-state index in [2.05, 4.69) is 5.32 Å². The van der Waals surface area contributed by atoms with Crippen molar-refractivity contribution in [2.75, 3.05) is 5.32 Å². The Morgan fingerprint density at radius 2 is 1.86 bits per heavy atom. The molecule has 3 N–H and O–H groups in total. The van der Waals surface area contributed by atoms with Gasteiger partial charge in [0.1, 0.15) is 0 Å². The van der Waals surface area contributed by atoms with Crippen molar-refractivity contribution in [1.82, 2.24) is 0 Å². The topological polar surface area (TPSA) is 72.2 Å². The van der Waals surface area contributed by atoms with Gasteiger partial charge in [0.15, 0.2) is 0 Å². The Kier molecular flexibility index (Phi) is 5.27. The summed E-state index contributed by atoms with van der Waals surface area (Å²) in [5, 5.41) is 7.78. The quantitative estimate of drug-likeness (QED) is 0.873. The molecule has 0 aliphatic rings. The van der Waals surface area contributed by atoms with Gasteiger partial charge in [0.25, 0.3) is 0 Å². The second-order valence-corrected chi connectivity index (χ2v) is 6.60. The molecule has 0 aliphatic carbocycles. The summed E-state index contributed by atoms with van der Waals surface area (Å²) in [6, 6.07) is 2.90. The van der Waals surface area contributed by atoms with Crippen LogP contribution in [0, 0.1) is 5.92 Å². The molecule has 0 aromatic heterocycles. The zero-order chi connectivity index (χ0) is 16.4. The van der Waals surface area contributed by atoms with E-state index in [0.717, 1.165) is 18.6 Å². The van der Waals surface area contributed by atoms with Gasteiger partial charge in [-0.3, -0.25) is 0 Å². The van der Waals surface area contributed by atoms with E-state index in [4.69, 9.17) is 5.14 Å². The third kappa shape index (κ3) is 4.60. The molecule has 2 unspecified atom stereocenters. The highest BCUT2D eigenvalue weighted by Gasteiger charge is 2.36. The molecular weight excluding hydrogens is 305 g/mol. The maximum absolute atomic E-state index is 13.0. The van der Waals surface area contributed by atoms with Gasteiger partial charge in [-0.15, -0.1) is 0 Å². The SMILES string of the molecule is CCC(C)C(C)Nc1ccc(S(N)(=O)=O)c(C(F)(F)F)c1. The number of nitrogens with two attached hydrogens (primary N) is 1. The van der Waals surface area contributed by atoms with Gasteiger partial charge in [0.2, 0.25) is 10.0 Å². The van der Waals surface area contributed by atoms with Crippen LogP contribution in [0.3, 0.4) is 0 Å². The van der Waals surface area contributed by atoms with Gasteiger partial charge < -0.3 is 5.32 Å². The maximum Gasteiger partial charge on any atom is 0.417 e. The Labute approximate surface area is 122 Å². The second kappa shape index (κ2) is 6.23. The summed E-state index contributed by atoms with van der Waals surface area (Å²) in [6.07, 6.45) is -3.92. The van der Waals surface area contributed by atoms with Crippen LogP contribution >= 0.6 is 0 Å². The van der Waals surface area contributed by atoms with Gasteiger partial charge in [-0.25, -0.2) is 13.6 Å². The van der Waals surface area contributed by atoms with Crippen LogP contribution in [0.4, 0.5) is 18.9 Å². The zero-order valence-electron chi connectivity index (χ0n) is 12.0. The van der Waals surface area contributed by atoms with Crippen molar-refractivity contribution < 1.29 is 21.6 Å². The lowest BCUT2D eigenvalue weighted by molar-refractivity contribution is -0.139. The van der Waals surface area contributed by atoms with Gasteiger partial charge in [-0.05, 0) is 31.0 Å². The van der Waals surface area contributed by atoms with Gasteiger partial charge in [-0.1, -0.05) is 20.3 Å². The predicted molar refractivity (Wildman–Crippen MR) is 75.4 cm³/mol. The number of halogens is 3. The van der Waals surface area contributed by atoms with E-state index >= 15 is 0 Å². The summed E-state index contributed by atoms with van der Waals surface area (Å²) in [7, 11) is -4.43. The van der Waals surface area contributed by atoms with Gasteiger partial charge in [0, 0.05) is 11.7 Å². The molecule has 0 amide bonds. The number of sulfonamides is 1. The molecule has 1 aromatic carbocycles. The Balaban J connectivity index is 3.24. The van der Waals surface area contributed by atoms with E-state index in [1.165, 1.54) is 6.07 Å². The predicted octanol–water partition coefficient (Wildman–Crippen LogP) is 3.20. The lowest BCUT2D eigenvalue weighted by Gasteiger charge is -2.22. The molecule has 0 spiro atoms. The highest BCUT2D eigenvalue weighted by Crippen LogP contribution is 2.35. The van der Waals surface area contributed by atoms with Crippen LogP contribution in [0.1, 0.15) is 32.8 Å². The smallest absolute Gasteiger partial charge is 0.382 e. The van der Waals surface area contributed by atoms with Crippen molar-refractivity contribution in [2.45, 2.75) is 44.3 Å². The van der Waals surface area contributed by atoms with Gasteiger partial charge in [-0.2, -0.15) is 13.2 Å². The molecule has 0 aliphatic heterocycles. The fourth-order valence-corrected chi connectivity index (χ4v) is 2.59. The molecule has 0 saturated heterocycles. The van der Waals surface area contributed by atoms with E-state index in [1.807, 2.05) is 20.8 Å². The largest absolute Gasteiger partial charge is 0.417 e. The summed E-state index contributed by atoms with van der Waals surface area (Å²) < 4.78 is 61.4. The standard InChI is InChI=1S/C13H19F3N2O2S/c1-4-8(2)9(3)18-10-5-6-12(21(17,19)20)11(7-10)13(14,15)16/h5-9,18H,4H2,1-3H3,(H2,17,19,20). The second-order valence-electron chi connectivity index (χ2n) is 5.07. The first kappa shape index (κ1) is 17.8. The first-order valence-electron chi connectivity index (χ1n) is 6.47. The Bertz CT molecular complexity index is 600. The Hall–Kier alpha value is -1.28. The van der Waals surface area contributed by atoms with E-state index in [0.29, 0.717) is 0 Å². The summed E-state index contributed by atoms with van der Waals surface area (Å²) in [4.78, 5) is -0.920. The molecule has 2 atom stereocenters. The molecule has 0 bridgehead atoms. The van der Waals surface area contributed by atoms with Gasteiger partial charge >= 0.3 is 6.18 Å². The van der Waals surface area contributed by atoms with Crippen molar-refractivity contribution in [3.8, 4) is 0 Å². The highest BCUT2D eigenvalue weighted by atomic mass is 32.2. The molecule has 0 fully saturated rings. The first-order valence-corrected chi connectivity index (χ1v) is 8.02. The normalized spacial score (nSPS) is 15.6. The van der Waals surface area contributed by atoms with Crippen LogP contribution in [0.2, 0.25) is 0 Å². The summed E-state index contributed by atoms with van der Waals surface area (Å²) in [5.41, 5.74) is -1.05. The molecule has 21 heavy (non-hydrogen) atoms. The number of anilines is 1. The van der Waals surface area contributed by atoms with Crippen LogP contribution in [0.15, 0.2) is 23.1 Å². The molecule has 120 valence electrons.